The Morgan fingerprint density at radius 1 is 0.935 bits per heavy atom. The van der Waals surface area contributed by atoms with Crippen molar-refractivity contribution >= 4 is 0 Å². The Hall–Kier alpha value is -0.440. The van der Waals surface area contributed by atoms with Crippen LogP contribution in [0.15, 0.2) is 0 Å². The van der Waals surface area contributed by atoms with Crippen LogP contribution in [0.2, 0.25) is 0 Å². The first-order valence-electron chi connectivity index (χ1n) is 17.7. The summed E-state index contributed by atoms with van der Waals surface area (Å²) in [6.07, 6.45) is -2.03. The van der Waals surface area contributed by atoms with Crippen molar-refractivity contribution in [3.63, 3.8) is 0 Å². The minimum Gasteiger partial charge on any atom is -0.394 e. The lowest BCUT2D eigenvalue weighted by Gasteiger charge is -2.66. The van der Waals surface area contributed by atoms with E-state index in [2.05, 4.69) is 20.8 Å². The third kappa shape index (κ3) is 6.01. The predicted molar refractivity (Wildman–Crippen MR) is 168 cm³/mol. The highest BCUT2D eigenvalue weighted by Crippen LogP contribution is 2.69. The third-order valence-electron chi connectivity index (χ3n) is 14.1. The summed E-state index contributed by atoms with van der Waals surface area (Å²) in [4.78, 5) is 0. The van der Waals surface area contributed by atoms with E-state index < -0.39 is 66.8 Å². The van der Waals surface area contributed by atoms with E-state index in [1.54, 1.807) is 0 Å². The topological polar surface area (TPSA) is 190 Å². The SMILES string of the molecule is COC(CO)C1OC(OCC(O)(CCC(C)C2CC(O)C3C2(C)CCC2C4(C)CCC(O)CC4C(O)CC23O)C(C)C)C(O)C1O. The minimum absolute atomic E-state index is 0.0475. The number of hydrogen-bond donors (Lipinski definition) is 8. The van der Waals surface area contributed by atoms with Crippen LogP contribution in [-0.2, 0) is 14.2 Å². The number of fused-ring (bicyclic) bond motifs is 5. The molecule has 46 heavy (non-hydrogen) atoms. The van der Waals surface area contributed by atoms with E-state index >= 15 is 0 Å². The first-order valence-corrected chi connectivity index (χ1v) is 17.7. The summed E-state index contributed by atoms with van der Waals surface area (Å²) in [5, 5.41) is 88.3. The molecular weight excluding hydrogens is 596 g/mol. The second-order valence-electron chi connectivity index (χ2n) is 16.8. The van der Waals surface area contributed by atoms with E-state index in [0.717, 1.165) is 19.3 Å². The molecular formula is C35H62O11. The fraction of sp³-hybridized carbons (Fsp3) is 1.00. The van der Waals surface area contributed by atoms with Crippen LogP contribution < -0.4 is 0 Å². The maximum atomic E-state index is 12.6. The van der Waals surface area contributed by atoms with Crippen molar-refractivity contribution in [3.8, 4) is 0 Å². The van der Waals surface area contributed by atoms with Crippen LogP contribution in [0.3, 0.4) is 0 Å². The molecule has 17 atom stereocenters. The Bertz CT molecular complexity index is 1040. The van der Waals surface area contributed by atoms with Crippen molar-refractivity contribution in [2.24, 2.45) is 46.3 Å². The molecule has 0 spiro atoms. The summed E-state index contributed by atoms with van der Waals surface area (Å²) in [5.41, 5.74) is -3.08. The Labute approximate surface area is 274 Å². The average Bonchev–Trinajstić information content (AvgIpc) is 3.44. The van der Waals surface area contributed by atoms with Crippen LogP contribution >= 0.6 is 0 Å². The molecule has 0 amide bonds. The van der Waals surface area contributed by atoms with Gasteiger partial charge in [0.25, 0.3) is 0 Å². The molecule has 8 N–H and O–H groups in total. The van der Waals surface area contributed by atoms with E-state index in [-0.39, 0.29) is 59.4 Å². The molecule has 5 rings (SSSR count). The van der Waals surface area contributed by atoms with Crippen molar-refractivity contribution in [2.75, 3.05) is 20.3 Å². The van der Waals surface area contributed by atoms with E-state index in [4.69, 9.17) is 14.2 Å². The van der Waals surface area contributed by atoms with Crippen LogP contribution in [0.1, 0.15) is 92.4 Å². The van der Waals surface area contributed by atoms with Crippen LogP contribution in [0.4, 0.5) is 0 Å². The largest absolute Gasteiger partial charge is 0.394 e. The molecule has 5 aliphatic rings. The fourth-order valence-electron chi connectivity index (χ4n) is 11.3. The molecule has 4 saturated carbocycles. The summed E-state index contributed by atoms with van der Waals surface area (Å²) < 4.78 is 16.7. The zero-order chi connectivity index (χ0) is 34.0. The van der Waals surface area contributed by atoms with Crippen molar-refractivity contribution in [3.05, 3.63) is 0 Å². The van der Waals surface area contributed by atoms with Crippen molar-refractivity contribution < 1.29 is 55.1 Å². The van der Waals surface area contributed by atoms with Gasteiger partial charge in [0, 0.05) is 19.4 Å². The number of methoxy groups -OCH3 is 1. The van der Waals surface area contributed by atoms with Gasteiger partial charge in [-0.1, -0.05) is 34.6 Å². The Morgan fingerprint density at radius 3 is 2.24 bits per heavy atom. The Morgan fingerprint density at radius 2 is 1.61 bits per heavy atom. The van der Waals surface area contributed by atoms with Gasteiger partial charge in [-0.15, -0.1) is 0 Å². The zero-order valence-electron chi connectivity index (χ0n) is 28.7. The normalized spacial score (nSPS) is 50.0. The van der Waals surface area contributed by atoms with Gasteiger partial charge in [-0.3, -0.25) is 0 Å². The minimum atomic E-state index is -1.36. The molecule has 268 valence electrons. The van der Waals surface area contributed by atoms with E-state index in [1.165, 1.54) is 7.11 Å². The number of rotatable bonds is 11. The van der Waals surface area contributed by atoms with Crippen LogP contribution in [0.25, 0.3) is 0 Å². The molecule has 17 unspecified atom stereocenters. The van der Waals surface area contributed by atoms with Gasteiger partial charge < -0.3 is 55.1 Å². The van der Waals surface area contributed by atoms with Crippen LogP contribution in [0.5, 0.6) is 0 Å². The number of hydrogen-bond acceptors (Lipinski definition) is 11. The third-order valence-corrected chi connectivity index (χ3v) is 14.1. The number of ether oxygens (including phenoxy) is 3. The smallest absolute Gasteiger partial charge is 0.186 e. The quantitative estimate of drug-likeness (QED) is 0.160. The van der Waals surface area contributed by atoms with Gasteiger partial charge in [0.2, 0.25) is 0 Å². The number of aliphatic hydroxyl groups excluding tert-OH is 6. The Balaban J connectivity index is 1.26. The molecule has 0 aromatic heterocycles. The Kier molecular flexibility index (Phi) is 10.7. The lowest BCUT2D eigenvalue weighted by molar-refractivity contribution is -0.263. The summed E-state index contributed by atoms with van der Waals surface area (Å²) in [6, 6.07) is 0. The first kappa shape index (κ1) is 36.8. The highest BCUT2D eigenvalue weighted by Gasteiger charge is 2.70. The second kappa shape index (κ2) is 13.4. The fourth-order valence-corrected chi connectivity index (χ4v) is 11.3. The monoisotopic (exact) mass is 658 g/mol. The van der Waals surface area contributed by atoms with E-state index in [0.29, 0.717) is 32.1 Å². The summed E-state index contributed by atoms with van der Waals surface area (Å²) in [6.45, 7) is 9.82. The lowest BCUT2D eigenvalue weighted by atomic mass is 9.42. The van der Waals surface area contributed by atoms with Crippen molar-refractivity contribution in [1.29, 1.82) is 0 Å². The van der Waals surface area contributed by atoms with Crippen molar-refractivity contribution in [1.82, 2.24) is 0 Å². The standard InChI is InChI=1S/C35H62O11/c1-18(2)34(42,17-45-31-28(41)27(40)29(46-31)25(16-36)44-6)12-7-19(3)21-14-23(38)30-33(21,5)11-9-26-32(4)10-8-20(37)13-22(32)24(39)15-35(26,30)43/h18-31,36-43H,7-17H2,1-6H3. The summed E-state index contributed by atoms with van der Waals surface area (Å²) in [7, 11) is 1.38. The number of aliphatic hydroxyl groups is 8. The first-order chi connectivity index (χ1) is 21.5. The van der Waals surface area contributed by atoms with Gasteiger partial charge in [-0.05, 0) is 91.8 Å². The molecule has 11 heteroatoms. The van der Waals surface area contributed by atoms with Crippen LogP contribution in [0, 0.1) is 46.3 Å². The molecule has 1 heterocycles. The molecule has 5 fully saturated rings. The molecule has 0 bridgehead atoms. The molecule has 11 nitrogen and oxygen atoms in total. The lowest BCUT2D eigenvalue weighted by Crippen LogP contribution is -2.68. The summed E-state index contributed by atoms with van der Waals surface area (Å²) in [5.74, 6) is -0.449. The molecule has 0 aromatic rings. The molecule has 0 radical (unpaired) electrons. The maximum Gasteiger partial charge on any atom is 0.186 e. The van der Waals surface area contributed by atoms with Gasteiger partial charge in [0.05, 0.1) is 42.7 Å². The predicted octanol–water partition coefficient (Wildman–Crippen LogP) is 1.34. The van der Waals surface area contributed by atoms with Gasteiger partial charge in [-0.25, -0.2) is 0 Å². The van der Waals surface area contributed by atoms with E-state index in [9.17, 15) is 40.9 Å². The average molecular weight is 659 g/mol. The zero-order valence-corrected chi connectivity index (χ0v) is 28.7. The van der Waals surface area contributed by atoms with Gasteiger partial charge in [0.1, 0.15) is 24.4 Å². The van der Waals surface area contributed by atoms with Crippen molar-refractivity contribution in [2.45, 2.75) is 153 Å². The van der Waals surface area contributed by atoms with Gasteiger partial charge in [0.15, 0.2) is 6.29 Å². The van der Waals surface area contributed by atoms with Crippen LogP contribution in [-0.4, -0.2) is 121 Å². The van der Waals surface area contributed by atoms with Gasteiger partial charge >= 0.3 is 0 Å². The molecule has 4 aliphatic carbocycles. The highest BCUT2D eigenvalue weighted by molar-refractivity contribution is 5.20. The van der Waals surface area contributed by atoms with E-state index in [1.807, 2.05) is 13.8 Å². The summed E-state index contributed by atoms with van der Waals surface area (Å²) >= 11 is 0. The molecule has 1 aliphatic heterocycles. The molecule has 1 saturated heterocycles. The maximum absolute atomic E-state index is 12.6. The van der Waals surface area contributed by atoms with Gasteiger partial charge in [-0.2, -0.15) is 0 Å². The second-order valence-corrected chi connectivity index (χ2v) is 16.8. The molecule has 0 aromatic carbocycles. The highest BCUT2D eigenvalue weighted by atomic mass is 16.7.